The van der Waals surface area contributed by atoms with Crippen molar-refractivity contribution in [3.8, 4) is 0 Å². The van der Waals surface area contributed by atoms with E-state index in [2.05, 4.69) is 22.2 Å². The zero-order valence-corrected chi connectivity index (χ0v) is 10.6. The van der Waals surface area contributed by atoms with Crippen LogP contribution in [-0.4, -0.2) is 28.5 Å². The van der Waals surface area contributed by atoms with E-state index >= 15 is 0 Å². The molecule has 1 saturated heterocycles. The summed E-state index contributed by atoms with van der Waals surface area (Å²) in [6.07, 6.45) is 2.19. The van der Waals surface area contributed by atoms with Crippen molar-refractivity contribution < 1.29 is 0 Å². The molecule has 1 aliphatic rings. The average Bonchev–Trinajstić information content (AvgIpc) is 2.61. The number of thiazole rings is 1. The van der Waals surface area contributed by atoms with E-state index in [0.29, 0.717) is 0 Å². The molecule has 0 bridgehead atoms. The topological polar surface area (TPSA) is 42.1 Å². The minimum atomic E-state index is 0. The molecule has 1 aromatic rings. The second kappa shape index (κ2) is 5.25. The number of halogens is 1. The van der Waals surface area contributed by atoms with Crippen LogP contribution in [0.3, 0.4) is 0 Å². The first-order valence-corrected chi connectivity index (χ1v) is 5.98. The molecule has 5 heteroatoms. The molecule has 0 atom stereocenters. The lowest BCUT2D eigenvalue weighted by atomic mass is 9.91. The van der Waals surface area contributed by atoms with Crippen molar-refractivity contribution in [3.63, 3.8) is 0 Å². The third-order valence-corrected chi connectivity index (χ3v) is 3.50. The van der Waals surface area contributed by atoms with Crippen LogP contribution in [0, 0.1) is 0 Å². The number of hydrogen-bond acceptors (Lipinski definition) is 4. The van der Waals surface area contributed by atoms with Crippen molar-refractivity contribution in [1.82, 2.24) is 9.88 Å². The van der Waals surface area contributed by atoms with Gasteiger partial charge in [-0.3, -0.25) is 4.90 Å². The first-order chi connectivity index (χ1) is 6.66. The average molecular weight is 248 g/mol. The number of nitrogens with two attached hydrogens (primary N) is 1. The third kappa shape index (κ3) is 3.72. The van der Waals surface area contributed by atoms with Gasteiger partial charge in [0.25, 0.3) is 0 Å². The lowest BCUT2D eigenvalue weighted by Gasteiger charge is -2.36. The molecule has 0 aromatic carbocycles. The predicted octanol–water partition coefficient (Wildman–Crippen LogP) is 1.88. The van der Waals surface area contributed by atoms with Gasteiger partial charge in [-0.25, -0.2) is 4.98 Å². The van der Waals surface area contributed by atoms with Crippen molar-refractivity contribution in [2.75, 3.05) is 13.1 Å². The van der Waals surface area contributed by atoms with Gasteiger partial charge in [0.1, 0.15) is 0 Å². The van der Waals surface area contributed by atoms with Gasteiger partial charge in [0.2, 0.25) is 0 Å². The van der Waals surface area contributed by atoms with Crippen LogP contribution in [-0.2, 0) is 6.54 Å². The molecule has 3 nitrogen and oxygen atoms in total. The first-order valence-electron chi connectivity index (χ1n) is 5.04. The summed E-state index contributed by atoms with van der Waals surface area (Å²) in [5.74, 6) is 0. The molecule has 0 saturated carbocycles. The third-order valence-electron chi connectivity index (χ3n) is 2.87. The monoisotopic (exact) mass is 247 g/mol. The molecular formula is C10H18ClN3S. The maximum atomic E-state index is 6.07. The molecule has 1 aliphatic heterocycles. The maximum absolute atomic E-state index is 6.07. The summed E-state index contributed by atoms with van der Waals surface area (Å²) in [6.45, 7) is 5.34. The number of piperidine rings is 1. The summed E-state index contributed by atoms with van der Waals surface area (Å²) in [6, 6.07) is 0. The number of hydrogen-bond donors (Lipinski definition) is 1. The highest BCUT2D eigenvalue weighted by Crippen LogP contribution is 2.20. The van der Waals surface area contributed by atoms with Gasteiger partial charge in [0.05, 0.1) is 11.2 Å². The van der Waals surface area contributed by atoms with E-state index in [9.17, 15) is 0 Å². The highest BCUT2D eigenvalue weighted by atomic mass is 35.5. The quantitative estimate of drug-likeness (QED) is 0.868. The zero-order valence-electron chi connectivity index (χ0n) is 8.98. The van der Waals surface area contributed by atoms with Crippen LogP contribution in [0.2, 0.25) is 0 Å². The molecule has 15 heavy (non-hydrogen) atoms. The molecule has 2 N–H and O–H groups in total. The fourth-order valence-electron chi connectivity index (χ4n) is 1.77. The fourth-order valence-corrected chi connectivity index (χ4v) is 2.32. The van der Waals surface area contributed by atoms with Gasteiger partial charge >= 0.3 is 0 Å². The summed E-state index contributed by atoms with van der Waals surface area (Å²) in [5, 5.41) is 2.12. The van der Waals surface area contributed by atoms with Crippen LogP contribution in [0.5, 0.6) is 0 Å². The van der Waals surface area contributed by atoms with Gasteiger partial charge in [-0.05, 0) is 19.8 Å². The Morgan fingerprint density at radius 3 is 2.73 bits per heavy atom. The van der Waals surface area contributed by atoms with E-state index in [0.717, 1.165) is 32.5 Å². The number of nitrogens with zero attached hydrogens (tertiary/aromatic N) is 2. The van der Waals surface area contributed by atoms with Crippen LogP contribution < -0.4 is 5.73 Å². The summed E-state index contributed by atoms with van der Waals surface area (Å²) in [5.41, 5.74) is 9.21. The molecule has 1 fully saturated rings. The van der Waals surface area contributed by atoms with Crippen LogP contribution in [0.15, 0.2) is 10.9 Å². The Kier molecular flexibility index (Phi) is 4.52. The number of aromatic nitrogens is 1. The van der Waals surface area contributed by atoms with Gasteiger partial charge in [0.15, 0.2) is 0 Å². The predicted molar refractivity (Wildman–Crippen MR) is 66.5 cm³/mol. The van der Waals surface area contributed by atoms with Crippen molar-refractivity contribution in [1.29, 1.82) is 0 Å². The highest BCUT2D eigenvalue weighted by Gasteiger charge is 2.25. The van der Waals surface area contributed by atoms with Gasteiger partial charge in [-0.15, -0.1) is 23.7 Å². The molecule has 0 unspecified atom stereocenters. The molecular weight excluding hydrogens is 230 g/mol. The van der Waals surface area contributed by atoms with Gasteiger partial charge in [0, 0.05) is 30.6 Å². The molecule has 86 valence electrons. The Morgan fingerprint density at radius 1 is 1.53 bits per heavy atom. The van der Waals surface area contributed by atoms with Gasteiger partial charge < -0.3 is 5.73 Å². The molecule has 0 spiro atoms. The second-order valence-electron chi connectivity index (χ2n) is 4.41. The lowest BCUT2D eigenvalue weighted by Crippen LogP contribution is -2.47. The zero-order chi connectivity index (χ0) is 10.0. The largest absolute Gasteiger partial charge is 0.325 e. The van der Waals surface area contributed by atoms with Crippen LogP contribution in [0.4, 0.5) is 0 Å². The lowest BCUT2D eigenvalue weighted by molar-refractivity contribution is 0.164. The van der Waals surface area contributed by atoms with Crippen molar-refractivity contribution in [3.05, 3.63) is 16.6 Å². The van der Waals surface area contributed by atoms with Crippen LogP contribution in [0.1, 0.15) is 25.5 Å². The second-order valence-corrected chi connectivity index (χ2v) is 5.13. The Morgan fingerprint density at radius 2 is 2.20 bits per heavy atom. The Hall–Kier alpha value is -0.160. The normalized spacial score (nSPS) is 20.9. The molecule has 0 aliphatic carbocycles. The van der Waals surface area contributed by atoms with E-state index < -0.39 is 0 Å². The smallest absolute Gasteiger partial charge is 0.0795 e. The van der Waals surface area contributed by atoms with Crippen LogP contribution in [0.25, 0.3) is 0 Å². The number of rotatable bonds is 2. The standard InChI is InChI=1S/C10H17N3S.ClH/c1-10(11)2-4-13(5-3-10)6-9-7-14-8-12-9;/h7-8H,2-6,11H2,1H3;1H. The summed E-state index contributed by atoms with van der Waals surface area (Å²) >= 11 is 1.67. The Balaban J connectivity index is 0.00000112. The van der Waals surface area contributed by atoms with E-state index in [4.69, 9.17) is 5.73 Å². The summed E-state index contributed by atoms with van der Waals surface area (Å²) in [7, 11) is 0. The van der Waals surface area contributed by atoms with E-state index in [1.165, 1.54) is 5.69 Å². The van der Waals surface area contributed by atoms with E-state index in [1.807, 2.05) is 5.51 Å². The SMILES string of the molecule is CC1(N)CCN(Cc2cscn2)CC1.Cl. The summed E-state index contributed by atoms with van der Waals surface area (Å²) in [4.78, 5) is 6.73. The minimum absolute atomic E-state index is 0. The fraction of sp³-hybridized carbons (Fsp3) is 0.700. The van der Waals surface area contributed by atoms with Crippen molar-refractivity contribution >= 4 is 23.7 Å². The van der Waals surface area contributed by atoms with Crippen LogP contribution >= 0.6 is 23.7 Å². The van der Waals surface area contributed by atoms with Gasteiger partial charge in [-0.2, -0.15) is 0 Å². The maximum Gasteiger partial charge on any atom is 0.0795 e. The van der Waals surface area contributed by atoms with E-state index in [1.54, 1.807) is 11.3 Å². The molecule has 0 amide bonds. The molecule has 2 rings (SSSR count). The first kappa shape index (κ1) is 12.9. The van der Waals surface area contributed by atoms with E-state index in [-0.39, 0.29) is 17.9 Å². The highest BCUT2D eigenvalue weighted by molar-refractivity contribution is 7.07. The Bertz CT molecular complexity index is 277. The molecule has 1 aromatic heterocycles. The van der Waals surface area contributed by atoms with Crippen molar-refractivity contribution in [2.45, 2.75) is 31.8 Å². The van der Waals surface area contributed by atoms with Gasteiger partial charge in [-0.1, -0.05) is 0 Å². The van der Waals surface area contributed by atoms with Crippen molar-refractivity contribution in [2.24, 2.45) is 5.73 Å². The number of likely N-dealkylation sites (tertiary alicyclic amines) is 1. The molecule has 0 radical (unpaired) electrons. The molecule has 2 heterocycles. The Labute approximate surface area is 101 Å². The minimum Gasteiger partial charge on any atom is -0.325 e. The summed E-state index contributed by atoms with van der Waals surface area (Å²) < 4.78 is 0.